The fraction of sp³-hybridized carbons (Fsp3) is 0.278. The molecule has 3 unspecified atom stereocenters. The highest BCUT2D eigenvalue weighted by molar-refractivity contribution is 5.92. The van der Waals surface area contributed by atoms with Crippen molar-refractivity contribution in [2.75, 3.05) is 13.1 Å². The van der Waals surface area contributed by atoms with Crippen molar-refractivity contribution in [3.05, 3.63) is 120 Å². The highest BCUT2D eigenvalue weighted by Crippen LogP contribution is 2.34. The molecule has 230 valence electrons. The molecular weight excluding hydrogens is 566 g/mol. The summed E-state index contributed by atoms with van der Waals surface area (Å²) in [5.74, 6) is -0.416. The van der Waals surface area contributed by atoms with Gasteiger partial charge in [0.2, 0.25) is 17.7 Å². The van der Waals surface area contributed by atoms with E-state index >= 15 is 0 Å². The number of pyridine rings is 1. The molecule has 6 rings (SSSR count). The number of phenolic OH excluding ortho intramolecular Hbond substituents is 1. The number of hydrazine groups is 1. The maximum atomic E-state index is 14.5. The zero-order chi connectivity index (χ0) is 31.5. The predicted octanol–water partition coefficient (Wildman–Crippen LogP) is 4.32. The molecule has 3 amide bonds. The van der Waals surface area contributed by atoms with Crippen LogP contribution in [0.5, 0.6) is 5.75 Å². The van der Waals surface area contributed by atoms with E-state index < -0.39 is 18.2 Å². The minimum Gasteiger partial charge on any atom is -0.508 e. The maximum Gasteiger partial charge on any atom is 0.246 e. The summed E-state index contributed by atoms with van der Waals surface area (Å²) in [6.07, 6.45) is 3.74. The lowest BCUT2D eigenvalue weighted by atomic mass is 9.94. The molecule has 2 fully saturated rings. The number of carbonyl (C=O) groups excluding carboxylic acids is 3. The van der Waals surface area contributed by atoms with Gasteiger partial charge in [-0.25, -0.2) is 10.0 Å². The number of hydrogen-bond acceptors (Lipinski definition) is 6. The average molecular weight is 604 g/mol. The van der Waals surface area contributed by atoms with Gasteiger partial charge in [0, 0.05) is 37.5 Å². The summed E-state index contributed by atoms with van der Waals surface area (Å²) >= 11 is 0. The Balaban J connectivity index is 1.40. The Labute approximate surface area is 263 Å². The molecule has 9 nitrogen and oxygen atoms in total. The second-order valence-corrected chi connectivity index (χ2v) is 11.7. The van der Waals surface area contributed by atoms with Crippen molar-refractivity contribution in [2.45, 2.75) is 51.0 Å². The topological polar surface area (TPSA) is 97.3 Å². The molecule has 1 N–H and O–H groups in total. The van der Waals surface area contributed by atoms with Gasteiger partial charge >= 0.3 is 0 Å². The van der Waals surface area contributed by atoms with Crippen molar-refractivity contribution in [3.8, 4) is 5.75 Å². The minimum absolute atomic E-state index is 0.0427. The molecule has 2 saturated heterocycles. The predicted molar refractivity (Wildman–Crippen MR) is 171 cm³/mol. The largest absolute Gasteiger partial charge is 0.508 e. The summed E-state index contributed by atoms with van der Waals surface area (Å²) in [5, 5.41) is 14.3. The molecular formula is C36H37N5O4. The number of aromatic hydroxyl groups is 1. The van der Waals surface area contributed by atoms with E-state index in [4.69, 9.17) is 0 Å². The van der Waals surface area contributed by atoms with Gasteiger partial charge in [-0.15, -0.1) is 6.58 Å². The molecule has 0 bridgehead atoms. The van der Waals surface area contributed by atoms with Gasteiger partial charge in [-0.3, -0.25) is 19.4 Å². The number of benzene rings is 3. The number of aromatic nitrogens is 1. The van der Waals surface area contributed by atoms with Crippen molar-refractivity contribution in [1.82, 2.24) is 24.8 Å². The van der Waals surface area contributed by atoms with Crippen LogP contribution in [0.25, 0.3) is 10.9 Å². The molecule has 0 saturated carbocycles. The Morgan fingerprint density at radius 1 is 0.978 bits per heavy atom. The molecule has 0 radical (unpaired) electrons. The average Bonchev–Trinajstić information content (AvgIpc) is 3.05. The molecule has 9 heteroatoms. The number of rotatable bonds is 9. The Bertz CT molecular complexity index is 1700. The number of carbonyl (C=O) groups is 3. The Morgan fingerprint density at radius 3 is 2.49 bits per heavy atom. The first-order valence-electron chi connectivity index (χ1n) is 15.3. The van der Waals surface area contributed by atoms with Crippen molar-refractivity contribution >= 4 is 28.6 Å². The smallest absolute Gasteiger partial charge is 0.246 e. The Kier molecular flexibility index (Phi) is 8.62. The number of amides is 3. The zero-order valence-electron chi connectivity index (χ0n) is 25.3. The number of aryl methyl sites for hydroxylation is 1. The first kappa shape index (κ1) is 30.0. The normalized spacial score (nSPS) is 20.4. The van der Waals surface area contributed by atoms with Crippen LogP contribution in [0.4, 0.5) is 0 Å². The third kappa shape index (κ3) is 6.04. The van der Waals surface area contributed by atoms with Crippen molar-refractivity contribution in [2.24, 2.45) is 0 Å². The van der Waals surface area contributed by atoms with Gasteiger partial charge in [-0.1, -0.05) is 72.8 Å². The standard InChI is InChI=1S/C36H37N5O4/c1-3-21-38-24-33(44)40-31(22-27-14-17-30(42)18-15-27)36(45)39(23-29-12-7-11-28-13-8-20-37-34(28)29)25(2)35(40)41(38)32(43)19-16-26-9-5-4-6-10-26/h3-15,17-18,20,25,31,35,42H,1,16,19,21-24H2,2H3. The van der Waals surface area contributed by atoms with Crippen LogP contribution in [0, 0.1) is 0 Å². The van der Waals surface area contributed by atoms with Gasteiger partial charge in [-0.2, -0.15) is 0 Å². The monoisotopic (exact) mass is 603 g/mol. The molecule has 0 spiro atoms. The Morgan fingerprint density at radius 2 is 1.73 bits per heavy atom. The summed E-state index contributed by atoms with van der Waals surface area (Å²) in [6.45, 7) is 6.33. The van der Waals surface area contributed by atoms with Crippen molar-refractivity contribution in [3.63, 3.8) is 0 Å². The first-order valence-corrected chi connectivity index (χ1v) is 15.3. The molecule has 45 heavy (non-hydrogen) atoms. The van der Waals surface area contributed by atoms with Crippen LogP contribution in [0.3, 0.4) is 0 Å². The van der Waals surface area contributed by atoms with Crippen LogP contribution in [0.2, 0.25) is 0 Å². The third-order valence-electron chi connectivity index (χ3n) is 8.76. The first-order chi connectivity index (χ1) is 21.9. The van der Waals surface area contributed by atoms with Crippen molar-refractivity contribution < 1.29 is 19.5 Å². The van der Waals surface area contributed by atoms with E-state index in [1.165, 1.54) is 0 Å². The van der Waals surface area contributed by atoms with E-state index in [0.29, 0.717) is 13.0 Å². The highest BCUT2D eigenvalue weighted by Gasteiger charge is 2.54. The van der Waals surface area contributed by atoms with Gasteiger partial charge in [0.15, 0.2) is 0 Å². The van der Waals surface area contributed by atoms with Gasteiger partial charge < -0.3 is 14.9 Å². The molecule has 2 aliphatic rings. The third-order valence-corrected chi connectivity index (χ3v) is 8.76. The number of piperazine rings is 1. The molecule has 3 aromatic carbocycles. The molecule has 2 aliphatic heterocycles. The number of phenols is 1. The second kappa shape index (κ2) is 12.9. The number of fused-ring (bicyclic) bond motifs is 2. The maximum absolute atomic E-state index is 14.5. The van der Waals surface area contributed by atoms with Gasteiger partial charge in [0.25, 0.3) is 0 Å². The van der Waals surface area contributed by atoms with Crippen LogP contribution in [-0.4, -0.2) is 79.0 Å². The van der Waals surface area contributed by atoms with E-state index in [-0.39, 0.29) is 49.4 Å². The quantitative estimate of drug-likeness (QED) is 0.287. The van der Waals surface area contributed by atoms with Crippen LogP contribution in [0.15, 0.2) is 104 Å². The fourth-order valence-corrected chi connectivity index (χ4v) is 6.57. The SMILES string of the molecule is C=CCN1CC(=O)N2C(Cc3ccc(O)cc3)C(=O)N(Cc3cccc4cccnc34)C(C)C2N1C(=O)CCc1ccccc1. The molecule has 1 aromatic heterocycles. The van der Waals surface area contributed by atoms with E-state index in [2.05, 4.69) is 11.6 Å². The number of para-hydroxylation sites is 1. The molecule has 3 atom stereocenters. The zero-order valence-corrected chi connectivity index (χ0v) is 25.3. The molecule has 4 aromatic rings. The van der Waals surface area contributed by atoms with E-state index in [9.17, 15) is 19.5 Å². The van der Waals surface area contributed by atoms with Gasteiger partial charge in [0.05, 0.1) is 18.1 Å². The van der Waals surface area contributed by atoms with Crippen LogP contribution >= 0.6 is 0 Å². The second-order valence-electron chi connectivity index (χ2n) is 11.7. The van der Waals surface area contributed by atoms with Crippen LogP contribution in [0.1, 0.15) is 30.0 Å². The van der Waals surface area contributed by atoms with Crippen molar-refractivity contribution in [1.29, 1.82) is 0 Å². The van der Waals surface area contributed by atoms with E-state index in [1.54, 1.807) is 56.4 Å². The highest BCUT2D eigenvalue weighted by atomic mass is 16.3. The van der Waals surface area contributed by atoms with E-state index in [1.807, 2.05) is 67.6 Å². The number of nitrogens with zero attached hydrogens (tertiary/aromatic N) is 5. The van der Waals surface area contributed by atoms with E-state index in [0.717, 1.165) is 27.6 Å². The number of hydrogen-bond donors (Lipinski definition) is 1. The van der Waals surface area contributed by atoms with Gasteiger partial charge in [0.1, 0.15) is 18.0 Å². The van der Waals surface area contributed by atoms with Gasteiger partial charge in [-0.05, 0) is 48.2 Å². The lowest BCUT2D eigenvalue weighted by Crippen LogP contribution is -2.78. The van der Waals surface area contributed by atoms with Crippen LogP contribution < -0.4 is 0 Å². The summed E-state index contributed by atoms with van der Waals surface area (Å²) in [7, 11) is 0. The van der Waals surface area contributed by atoms with Crippen LogP contribution in [-0.2, 0) is 33.8 Å². The summed E-state index contributed by atoms with van der Waals surface area (Å²) in [6, 6.07) is 24.9. The molecule has 0 aliphatic carbocycles. The summed E-state index contributed by atoms with van der Waals surface area (Å²) < 4.78 is 0. The summed E-state index contributed by atoms with van der Waals surface area (Å²) in [4.78, 5) is 50.6. The minimum atomic E-state index is -0.846. The lowest BCUT2D eigenvalue weighted by molar-refractivity contribution is -0.213. The fourth-order valence-electron chi connectivity index (χ4n) is 6.57. The lowest BCUT2D eigenvalue weighted by Gasteiger charge is -2.58. The Hall–Kier alpha value is -5.02. The summed E-state index contributed by atoms with van der Waals surface area (Å²) in [5.41, 5.74) is 3.54. The molecule has 3 heterocycles.